The number of unbranched alkanes of at least 4 members (excludes halogenated alkanes) is 1. The van der Waals surface area contributed by atoms with Crippen LogP contribution in [0.15, 0.2) is 0 Å². The first-order chi connectivity index (χ1) is 8.22. The number of ether oxygens (including phenoxy) is 1. The number of aliphatic hydroxyl groups is 1. The Morgan fingerprint density at radius 3 is 2.71 bits per heavy atom. The highest BCUT2D eigenvalue weighted by Crippen LogP contribution is 1.87. The molecule has 0 aromatic heterocycles. The summed E-state index contributed by atoms with van der Waals surface area (Å²) in [5, 5.41) is 14.5. The third-order valence-corrected chi connectivity index (χ3v) is 2.37. The van der Waals surface area contributed by atoms with E-state index in [9.17, 15) is 4.79 Å². The fourth-order valence-electron chi connectivity index (χ4n) is 1.29. The van der Waals surface area contributed by atoms with E-state index in [1.54, 1.807) is 0 Å². The number of amides is 1. The summed E-state index contributed by atoms with van der Waals surface area (Å²) in [5.41, 5.74) is 0. The van der Waals surface area contributed by atoms with Gasteiger partial charge in [-0.05, 0) is 26.3 Å². The van der Waals surface area contributed by atoms with E-state index in [2.05, 4.69) is 17.6 Å². The molecule has 0 fully saturated rings. The molecular formula is C12H26N2O3. The maximum absolute atomic E-state index is 11.5. The summed E-state index contributed by atoms with van der Waals surface area (Å²) in [6.07, 6.45) is 2.95. The van der Waals surface area contributed by atoms with Crippen molar-refractivity contribution in [1.82, 2.24) is 10.6 Å². The normalized spacial score (nSPS) is 12.4. The second-order valence-corrected chi connectivity index (χ2v) is 4.01. The van der Waals surface area contributed by atoms with Crippen LogP contribution in [-0.4, -0.2) is 50.0 Å². The van der Waals surface area contributed by atoms with Crippen LogP contribution in [0.5, 0.6) is 0 Å². The van der Waals surface area contributed by atoms with E-state index in [-0.39, 0.29) is 18.6 Å². The van der Waals surface area contributed by atoms with Gasteiger partial charge >= 0.3 is 0 Å². The van der Waals surface area contributed by atoms with Gasteiger partial charge in [0.2, 0.25) is 5.91 Å². The average Bonchev–Trinajstić information content (AvgIpc) is 2.33. The fourth-order valence-corrected chi connectivity index (χ4v) is 1.29. The van der Waals surface area contributed by atoms with E-state index >= 15 is 0 Å². The van der Waals surface area contributed by atoms with E-state index in [0.717, 1.165) is 32.4 Å². The summed E-state index contributed by atoms with van der Waals surface area (Å²) in [4.78, 5) is 11.5. The van der Waals surface area contributed by atoms with E-state index in [0.29, 0.717) is 13.2 Å². The minimum Gasteiger partial charge on any atom is -0.394 e. The van der Waals surface area contributed by atoms with Crippen LogP contribution in [0.4, 0.5) is 0 Å². The molecule has 0 rings (SSSR count). The minimum absolute atomic E-state index is 0.0507. The Balaban J connectivity index is 3.37. The molecule has 5 heteroatoms. The number of carbonyl (C=O) groups excluding carboxylic acids is 1. The topological polar surface area (TPSA) is 70.6 Å². The molecule has 0 spiro atoms. The molecule has 0 aliphatic rings. The Bertz CT molecular complexity index is 189. The first kappa shape index (κ1) is 16.4. The number of aliphatic hydroxyl groups excluding tert-OH is 1. The molecule has 1 amide bonds. The summed E-state index contributed by atoms with van der Waals surface area (Å²) in [7, 11) is 0. The maximum atomic E-state index is 11.5. The number of hydrogen-bond acceptors (Lipinski definition) is 4. The smallest absolute Gasteiger partial charge is 0.236 e. The van der Waals surface area contributed by atoms with Gasteiger partial charge in [-0.15, -0.1) is 0 Å². The van der Waals surface area contributed by atoms with Gasteiger partial charge in [-0.3, -0.25) is 4.79 Å². The molecule has 0 saturated carbocycles. The highest BCUT2D eigenvalue weighted by molar-refractivity contribution is 5.81. The zero-order chi connectivity index (χ0) is 12.9. The van der Waals surface area contributed by atoms with Crippen molar-refractivity contribution in [2.75, 3.05) is 32.9 Å². The van der Waals surface area contributed by atoms with Gasteiger partial charge in [0.15, 0.2) is 0 Å². The molecule has 0 aliphatic carbocycles. The average molecular weight is 246 g/mol. The highest BCUT2D eigenvalue weighted by atomic mass is 16.5. The van der Waals surface area contributed by atoms with Crippen molar-refractivity contribution in [3.63, 3.8) is 0 Å². The maximum Gasteiger partial charge on any atom is 0.236 e. The number of nitrogens with one attached hydrogen (secondary N) is 2. The lowest BCUT2D eigenvalue weighted by Gasteiger charge is -2.13. The summed E-state index contributed by atoms with van der Waals surface area (Å²) in [6, 6.07) is -0.162. The van der Waals surface area contributed by atoms with Crippen molar-refractivity contribution >= 4 is 5.91 Å². The fraction of sp³-hybridized carbons (Fsp3) is 0.917. The molecule has 0 aromatic carbocycles. The van der Waals surface area contributed by atoms with Crippen molar-refractivity contribution < 1.29 is 14.6 Å². The molecule has 102 valence electrons. The van der Waals surface area contributed by atoms with Crippen LogP contribution < -0.4 is 10.6 Å². The molecule has 1 unspecified atom stereocenters. The minimum atomic E-state index is -0.162. The first-order valence-electron chi connectivity index (χ1n) is 6.42. The Labute approximate surface area is 104 Å². The highest BCUT2D eigenvalue weighted by Gasteiger charge is 2.10. The second kappa shape index (κ2) is 11.8. The van der Waals surface area contributed by atoms with Crippen molar-refractivity contribution in [3.8, 4) is 0 Å². The van der Waals surface area contributed by atoms with Gasteiger partial charge in [0.05, 0.1) is 19.3 Å². The van der Waals surface area contributed by atoms with Gasteiger partial charge in [0.1, 0.15) is 0 Å². The van der Waals surface area contributed by atoms with Crippen molar-refractivity contribution in [2.45, 2.75) is 39.2 Å². The third kappa shape index (κ3) is 10.2. The molecule has 0 aliphatic heterocycles. The molecule has 5 nitrogen and oxygen atoms in total. The number of hydrogen-bond donors (Lipinski definition) is 3. The van der Waals surface area contributed by atoms with Crippen molar-refractivity contribution in [2.24, 2.45) is 0 Å². The Morgan fingerprint density at radius 1 is 1.29 bits per heavy atom. The Hall–Kier alpha value is -0.650. The van der Waals surface area contributed by atoms with E-state index in [1.807, 2.05) is 6.92 Å². The number of carbonyl (C=O) groups is 1. The molecular weight excluding hydrogens is 220 g/mol. The summed E-state index contributed by atoms with van der Waals surface area (Å²) in [5.74, 6) is 0.0507. The molecule has 0 bridgehead atoms. The Kier molecular flexibility index (Phi) is 11.4. The van der Waals surface area contributed by atoms with E-state index in [1.165, 1.54) is 0 Å². The monoisotopic (exact) mass is 246 g/mol. The largest absolute Gasteiger partial charge is 0.394 e. The lowest BCUT2D eigenvalue weighted by Crippen LogP contribution is -2.42. The molecule has 0 radical (unpaired) electrons. The standard InChI is InChI=1S/C12H26N2O3/c1-3-4-6-14-12(16)11(2)13-7-5-9-17-10-8-15/h11,13,15H,3-10H2,1-2H3,(H,14,16). The summed E-state index contributed by atoms with van der Waals surface area (Å²) in [6.45, 7) is 6.50. The molecule has 0 heterocycles. The predicted molar refractivity (Wildman–Crippen MR) is 67.9 cm³/mol. The van der Waals surface area contributed by atoms with Crippen molar-refractivity contribution in [1.29, 1.82) is 0 Å². The van der Waals surface area contributed by atoms with Crippen molar-refractivity contribution in [3.05, 3.63) is 0 Å². The molecule has 3 N–H and O–H groups in total. The lowest BCUT2D eigenvalue weighted by atomic mass is 10.3. The van der Waals surface area contributed by atoms with Gasteiger partial charge in [0, 0.05) is 13.2 Å². The van der Waals surface area contributed by atoms with Crippen LogP contribution in [0.1, 0.15) is 33.1 Å². The van der Waals surface area contributed by atoms with Gasteiger partial charge in [0.25, 0.3) is 0 Å². The zero-order valence-corrected chi connectivity index (χ0v) is 11.0. The van der Waals surface area contributed by atoms with Gasteiger partial charge < -0.3 is 20.5 Å². The molecule has 0 saturated heterocycles. The van der Waals surface area contributed by atoms with Crippen LogP contribution in [-0.2, 0) is 9.53 Å². The predicted octanol–water partition coefficient (Wildman–Crippen LogP) is 0.280. The van der Waals surface area contributed by atoms with Gasteiger partial charge in [-0.25, -0.2) is 0 Å². The summed E-state index contributed by atoms with van der Waals surface area (Å²) >= 11 is 0. The van der Waals surface area contributed by atoms with Crippen LogP contribution in [0.25, 0.3) is 0 Å². The third-order valence-electron chi connectivity index (χ3n) is 2.37. The molecule has 1 atom stereocenters. The Morgan fingerprint density at radius 2 is 2.06 bits per heavy atom. The van der Waals surface area contributed by atoms with Crippen LogP contribution >= 0.6 is 0 Å². The second-order valence-electron chi connectivity index (χ2n) is 4.01. The number of rotatable bonds is 11. The SMILES string of the molecule is CCCCNC(=O)C(C)NCCCOCCO. The van der Waals surface area contributed by atoms with Crippen LogP contribution in [0.2, 0.25) is 0 Å². The van der Waals surface area contributed by atoms with Gasteiger partial charge in [-0.1, -0.05) is 13.3 Å². The van der Waals surface area contributed by atoms with E-state index < -0.39 is 0 Å². The van der Waals surface area contributed by atoms with Crippen LogP contribution in [0, 0.1) is 0 Å². The quantitative estimate of drug-likeness (QED) is 0.458. The molecule has 17 heavy (non-hydrogen) atoms. The molecule has 0 aromatic rings. The summed E-state index contributed by atoms with van der Waals surface area (Å²) < 4.78 is 5.11. The lowest BCUT2D eigenvalue weighted by molar-refractivity contribution is -0.122. The van der Waals surface area contributed by atoms with Gasteiger partial charge in [-0.2, -0.15) is 0 Å². The van der Waals surface area contributed by atoms with Crippen LogP contribution in [0.3, 0.4) is 0 Å². The van der Waals surface area contributed by atoms with E-state index in [4.69, 9.17) is 9.84 Å². The zero-order valence-electron chi connectivity index (χ0n) is 11.0. The first-order valence-corrected chi connectivity index (χ1v) is 6.42.